The number of carbonyl (C=O) groups excluding carboxylic acids is 1. The van der Waals surface area contributed by atoms with E-state index in [0.29, 0.717) is 0 Å². The van der Waals surface area contributed by atoms with Gasteiger partial charge in [0.1, 0.15) is 11.1 Å². The van der Waals surface area contributed by atoms with Crippen molar-refractivity contribution in [3.05, 3.63) is 65.2 Å². The summed E-state index contributed by atoms with van der Waals surface area (Å²) in [7, 11) is 1.27. The second kappa shape index (κ2) is 8.45. The first-order chi connectivity index (χ1) is 13.8. The normalized spacial score (nSPS) is 11.2. The van der Waals surface area contributed by atoms with Crippen molar-refractivity contribution in [1.29, 1.82) is 0 Å². The predicted octanol–water partition coefficient (Wildman–Crippen LogP) is 5.64. The highest BCUT2D eigenvalue weighted by atomic mass is 35.5. The first-order valence-electron chi connectivity index (χ1n) is 8.52. The van der Waals surface area contributed by atoms with Crippen LogP contribution in [0.15, 0.2) is 18.2 Å². The monoisotopic (exact) mass is 456 g/mol. The Labute approximate surface area is 181 Å². The fraction of sp³-hybridized carbons (Fsp3) is 0.316. The van der Waals surface area contributed by atoms with Crippen LogP contribution < -0.4 is 9.47 Å². The number of rotatable bonds is 5. The summed E-state index contributed by atoms with van der Waals surface area (Å²) in [6.07, 6.45) is 0. The van der Waals surface area contributed by atoms with E-state index < -0.39 is 38.4 Å². The third-order valence-electron chi connectivity index (χ3n) is 4.33. The molecule has 0 amide bonds. The summed E-state index contributed by atoms with van der Waals surface area (Å²) in [5.41, 5.74) is -2.33. The first kappa shape index (κ1) is 23.4. The van der Waals surface area contributed by atoms with E-state index in [2.05, 4.69) is 0 Å². The molecule has 0 unspecified atom stereocenters. The van der Waals surface area contributed by atoms with Crippen molar-refractivity contribution < 1.29 is 24.1 Å². The van der Waals surface area contributed by atoms with Crippen molar-refractivity contribution in [1.82, 2.24) is 0 Å². The number of esters is 1. The van der Waals surface area contributed by atoms with E-state index in [4.69, 9.17) is 32.7 Å². The Morgan fingerprint density at radius 1 is 1.03 bits per heavy atom. The molecule has 0 spiro atoms. The van der Waals surface area contributed by atoms with Crippen LogP contribution in [0.1, 0.15) is 42.3 Å². The highest BCUT2D eigenvalue weighted by Crippen LogP contribution is 2.45. The molecule has 0 saturated heterocycles. The van der Waals surface area contributed by atoms with Gasteiger partial charge >= 0.3 is 11.7 Å². The van der Waals surface area contributed by atoms with E-state index in [1.54, 1.807) is 20.8 Å². The van der Waals surface area contributed by atoms with E-state index in [1.165, 1.54) is 32.2 Å². The highest BCUT2D eigenvalue weighted by Gasteiger charge is 2.36. The van der Waals surface area contributed by atoms with E-state index in [-0.39, 0.29) is 32.5 Å². The molecule has 2 aromatic carbocycles. The van der Waals surface area contributed by atoms with E-state index in [9.17, 15) is 25.0 Å². The second-order valence-electron chi connectivity index (χ2n) is 7.34. The lowest BCUT2D eigenvalue weighted by Crippen LogP contribution is -2.19. The maximum Gasteiger partial charge on any atom is 0.349 e. The van der Waals surface area contributed by atoms with Gasteiger partial charge in [0, 0.05) is 11.6 Å². The Morgan fingerprint density at radius 2 is 1.60 bits per heavy atom. The summed E-state index contributed by atoms with van der Waals surface area (Å²) < 4.78 is 10.5. The Morgan fingerprint density at radius 3 is 2.07 bits per heavy atom. The summed E-state index contributed by atoms with van der Waals surface area (Å²) in [6, 6.07) is 3.93. The molecular formula is C19H18Cl2N2O7. The van der Waals surface area contributed by atoms with Gasteiger partial charge in [0.15, 0.2) is 5.75 Å². The Balaban J connectivity index is 2.81. The predicted molar refractivity (Wildman–Crippen MR) is 111 cm³/mol. The van der Waals surface area contributed by atoms with Crippen molar-refractivity contribution in [2.45, 2.75) is 33.1 Å². The number of benzene rings is 2. The molecular weight excluding hydrogens is 439 g/mol. The summed E-state index contributed by atoms with van der Waals surface area (Å²) >= 11 is 12.1. The third-order valence-corrected chi connectivity index (χ3v) is 4.94. The molecule has 9 nitrogen and oxygen atoms in total. The molecule has 0 aromatic heterocycles. The van der Waals surface area contributed by atoms with Crippen molar-refractivity contribution in [3.63, 3.8) is 0 Å². The summed E-state index contributed by atoms with van der Waals surface area (Å²) in [5, 5.41) is 23.2. The highest BCUT2D eigenvalue weighted by molar-refractivity contribution is 6.37. The standard InChI is InChI=1S/C19H18Cl2N2O7/c1-9-13(22(25)26)8-10(19(2,3)4)16(15(9)23(27)28)30-18(24)14-11(20)6-7-12(21)17(14)29-5/h6-8H,1-5H3. The molecule has 0 aliphatic rings. The minimum Gasteiger partial charge on any atom is -0.494 e. The smallest absolute Gasteiger partial charge is 0.349 e. The van der Waals surface area contributed by atoms with Gasteiger partial charge in [0.05, 0.1) is 27.0 Å². The van der Waals surface area contributed by atoms with Gasteiger partial charge in [-0.15, -0.1) is 0 Å². The van der Waals surface area contributed by atoms with Gasteiger partial charge in [-0.2, -0.15) is 0 Å². The number of ether oxygens (including phenoxy) is 2. The molecule has 0 bridgehead atoms. The molecule has 11 heteroatoms. The minimum absolute atomic E-state index is 0.0418. The lowest BCUT2D eigenvalue weighted by atomic mass is 9.84. The average molecular weight is 457 g/mol. The molecule has 0 atom stereocenters. The zero-order chi connectivity index (χ0) is 23.0. The van der Waals surface area contributed by atoms with Crippen LogP contribution in [0, 0.1) is 27.2 Å². The molecule has 0 heterocycles. The van der Waals surface area contributed by atoms with E-state index >= 15 is 0 Å². The molecule has 0 radical (unpaired) electrons. The summed E-state index contributed by atoms with van der Waals surface area (Å²) in [5.74, 6) is -1.52. The Hall–Kier alpha value is -2.91. The number of nitro groups is 2. The number of halogens is 2. The van der Waals surface area contributed by atoms with Gasteiger partial charge in [-0.25, -0.2) is 4.79 Å². The van der Waals surface area contributed by atoms with Gasteiger partial charge in [-0.3, -0.25) is 20.2 Å². The average Bonchev–Trinajstić information content (AvgIpc) is 2.61. The second-order valence-corrected chi connectivity index (χ2v) is 8.15. The third kappa shape index (κ3) is 4.31. The fourth-order valence-corrected chi connectivity index (χ4v) is 3.33. The molecule has 0 aliphatic heterocycles. The number of nitrogens with zero attached hydrogens (tertiary/aromatic N) is 2. The number of carbonyl (C=O) groups is 1. The van der Waals surface area contributed by atoms with Crippen LogP contribution in [-0.2, 0) is 5.41 Å². The molecule has 2 rings (SSSR count). The molecule has 2 aromatic rings. The number of hydrogen-bond donors (Lipinski definition) is 0. The van der Waals surface area contributed by atoms with Crippen LogP contribution in [0.25, 0.3) is 0 Å². The quantitative estimate of drug-likeness (QED) is 0.246. The van der Waals surface area contributed by atoms with Crippen LogP contribution in [-0.4, -0.2) is 22.9 Å². The summed E-state index contributed by atoms with van der Waals surface area (Å²) in [4.78, 5) is 34.6. The largest absolute Gasteiger partial charge is 0.494 e. The van der Waals surface area contributed by atoms with Crippen LogP contribution in [0.5, 0.6) is 11.5 Å². The van der Waals surface area contributed by atoms with Crippen LogP contribution in [0.3, 0.4) is 0 Å². The van der Waals surface area contributed by atoms with Gasteiger partial charge in [-0.05, 0) is 24.5 Å². The fourth-order valence-electron chi connectivity index (χ4n) is 2.87. The summed E-state index contributed by atoms with van der Waals surface area (Å²) in [6.45, 7) is 6.24. The van der Waals surface area contributed by atoms with Crippen LogP contribution in [0.4, 0.5) is 11.4 Å². The maximum absolute atomic E-state index is 12.9. The minimum atomic E-state index is -1.05. The van der Waals surface area contributed by atoms with Gasteiger partial charge < -0.3 is 9.47 Å². The SMILES string of the molecule is COc1c(Cl)ccc(Cl)c1C(=O)Oc1c(C(C)(C)C)cc([N+](=O)[O-])c(C)c1[N+](=O)[O-]. The van der Waals surface area contributed by atoms with Crippen LogP contribution >= 0.6 is 23.2 Å². The zero-order valence-corrected chi connectivity index (χ0v) is 18.3. The number of methoxy groups -OCH3 is 1. The Kier molecular flexibility index (Phi) is 6.58. The van der Waals surface area contributed by atoms with Crippen LogP contribution in [0.2, 0.25) is 10.0 Å². The lowest BCUT2D eigenvalue weighted by Gasteiger charge is -2.23. The first-order valence-corrected chi connectivity index (χ1v) is 9.27. The maximum atomic E-state index is 12.9. The number of hydrogen-bond acceptors (Lipinski definition) is 7. The van der Waals surface area contributed by atoms with Crippen molar-refractivity contribution in [2.24, 2.45) is 0 Å². The molecule has 0 N–H and O–H groups in total. The van der Waals surface area contributed by atoms with E-state index in [1.807, 2.05) is 0 Å². The van der Waals surface area contributed by atoms with Gasteiger partial charge in [0.25, 0.3) is 5.69 Å². The van der Waals surface area contributed by atoms with Crippen molar-refractivity contribution >= 4 is 40.5 Å². The van der Waals surface area contributed by atoms with E-state index in [0.717, 1.165) is 0 Å². The van der Waals surface area contributed by atoms with Gasteiger partial charge in [-0.1, -0.05) is 44.0 Å². The molecule has 0 fully saturated rings. The van der Waals surface area contributed by atoms with Crippen molar-refractivity contribution in [3.8, 4) is 11.5 Å². The lowest BCUT2D eigenvalue weighted by molar-refractivity contribution is -0.395. The topological polar surface area (TPSA) is 122 Å². The van der Waals surface area contributed by atoms with Gasteiger partial charge in [0.2, 0.25) is 5.75 Å². The molecule has 0 saturated carbocycles. The zero-order valence-electron chi connectivity index (χ0n) is 16.7. The molecule has 30 heavy (non-hydrogen) atoms. The number of nitro benzene ring substituents is 2. The molecule has 0 aliphatic carbocycles. The Bertz CT molecular complexity index is 1060. The molecule has 160 valence electrons. The van der Waals surface area contributed by atoms with Crippen molar-refractivity contribution in [2.75, 3.05) is 7.11 Å².